The summed E-state index contributed by atoms with van der Waals surface area (Å²) >= 11 is 0. The van der Waals surface area contributed by atoms with Crippen molar-refractivity contribution in [2.75, 3.05) is 6.61 Å². The van der Waals surface area contributed by atoms with Gasteiger partial charge in [-0.05, 0) is 12.0 Å². The van der Waals surface area contributed by atoms with Gasteiger partial charge in [0.1, 0.15) is 11.3 Å². The topological polar surface area (TPSA) is 113 Å². The number of benzene rings is 1. The van der Waals surface area contributed by atoms with Crippen LogP contribution in [0.1, 0.15) is 35.9 Å². The van der Waals surface area contributed by atoms with Crippen molar-refractivity contribution in [3.63, 3.8) is 0 Å². The molecule has 2 aromatic heterocycles. The molecule has 2 heterocycles. The van der Waals surface area contributed by atoms with Gasteiger partial charge in [-0.3, -0.25) is 9.78 Å². The molecule has 0 spiro atoms. The van der Waals surface area contributed by atoms with Crippen LogP contribution in [0.5, 0.6) is 5.75 Å². The highest BCUT2D eigenvalue weighted by molar-refractivity contribution is 5.92. The molecule has 0 saturated heterocycles. The van der Waals surface area contributed by atoms with Crippen molar-refractivity contribution < 1.29 is 15.0 Å². The van der Waals surface area contributed by atoms with Crippen molar-refractivity contribution in [2.45, 2.75) is 26.4 Å². The van der Waals surface area contributed by atoms with E-state index in [2.05, 4.69) is 20.6 Å². The van der Waals surface area contributed by atoms with E-state index in [4.69, 9.17) is 5.11 Å². The molecule has 0 bridgehead atoms. The van der Waals surface area contributed by atoms with Crippen molar-refractivity contribution in [3.05, 3.63) is 47.9 Å². The largest absolute Gasteiger partial charge is 0.505 e. The third-order valence-electron chi connectivity index (χ3n) is 4.17. The number of phenolic OH excluding ortho intramolecular Hbond substituents is 1. The Hall–Kier alpha value is -3.00. The molecule has 0 saturated carbocycles. The SMILES string of the molecule is CC(C)C(NC(=O)c1cn(CCO)nn1)c1ccc2cccnc2c1O. The van der Waals surface area contributed by atoms with Crippen LogP contribution in [0.4, 0.5) is 0 Å². The van der Waals surface area contributed by atoms with Crippen molar-refractivity contribution in [3.8, 4) is 5.75 Å². The summed E-state index contributed by atoms with van der Waals surface area (Å²) in [7, 11) is 0. The minimum atomic E-state index is -0.420. The van der Waals surface area contributed by atoms with Crippen LogP contribution in [0.15, 0.2) is 36.7 Å². The maximum Gasteiger partial charge on any atom is 0.273 e. The minimum absolute atomic E-state index is 0.0264. The number of aromatic nitrogens is 4. The van der Waals surface area contributed by atoms with Gasteiger partial charge in [0, 0.05) is 17.1 Å². The zero-order valence-corrected chi connectivity index (χ0v) is 14.6. The number of phenols is 1. The first-order chi connectivity index (χ1) is 12.5. The number of hydrogen-bond acceptors (Lipinski definition) is 6. The number of amides is 1. The Morgan fingerprint density at radius 1 is 1.31 bits per heavy atom. The normalized spacial score (nSPS) is 12.5. The van der Waals surface area contributed by atoms with Gasteiger partial charge in [-0.25, -0.2) is 4.68 Å². The second-order valence-corrected chi connectivity index (χ2v) is 6.36. The second-order valence-electron chi connectivity index (χ2n) is 6.36. The van der Waals surface area contributed by atoms with E-state index >= 15 is 0 Å². The van der Waals surface area contributed by atoms with Crippen LogP contribution in [0, 0.1) is 5.92 Å². The fraction of sp³-hybridized carbons (Fsp3) is 0.333. The zero-order chi connectivity index (χ0) is 18.7. The molecule has 0 aliphatic rings. The average molecular weight is 355 g/mol. The van der Waals surface area contributed by atoms with E-state index in [1.54, 1.807) is 18.3 Å². The number of aliphatic hydroxyl groups excluding tert-OH is 1. The Labute approximate surface area is 150 Å². The summed E-state index contributed by atoms with van der Waals surface area (Å²) in [4.78, 5) is 16.8. The number of rotatable bonds is 6. The van der Waals surface area contributed by atoms with Gasteiger partial charge in [-0.1, -0.05) is 37.3 Å². The van der Waals surface area contributed by atoms with E-state index in [-0.39, 0.29) is 30.5 Å². The lowest BCUT2D eigenvalue weighted by Gasteiger charge is -2.23. The van der Waals surface area contributed by atoms with Gasteiger partial charge in [0.15, 0.2) is 5.69 Å². The quantitative estimate of drug-likeness (QED) is 0.620. The summed E-state index contributed by atoms with van der Waals surface area (Å²) in [6.45, 7) is 4.09. The van der Waals surface area contributed by atoms with Gasteiger partial charge in [0.2, 0.25) is 0 Å². The molecule has 3 N–H and O–H groups in total. The standard InChI is InChI=1S/C18H21N5O3/c1-11(2)15(20-18(26)14-10-23(8-9-24)22-21-14)13-6-5-12-4-3-7-19-16(12)17(13)25/h3-7,10-11,15,24-25H,8-9H2,1-2H3,(H,20,26). The van der Waals surface area contributed by atoms with Crippen molar-refractivity contribution in [1.82, 2.24) is 25.3 Å². The maximum atomic E-state index is 12.5. The highest BCUT2D eigenvalue weighted by Gasteiger charge is 2.24. The number of aliphatic hydroxyl groups is 1. The minimum Gasteiger partial charge on any atom is -0.505 e. The lowest BCUT2D eigenvalue weighted by Crippen LogP contribution is -2.32. The first kappa shape index (κ1) is 17.8. The highest BCUT2D eigenvalue weighted by Crippen LogP contribution is 2.34. The Balaban J connectivity index is 1.89. The number of aromatic hydroxyl groups is 1. The molecular weight excluding hydrogens is 334 g/mol. The number of hydrogen-bond donors (Lipinski definition) is 3. The Bertz CT molecular complexity index is 922. The number of pyridine rings is 1. The second kappa shape index (κ2) is 7.49. The maximum absolute atomic E-state index is 12.5. The van der Waals surface area contributed by atoms with Gasteiger partial charge in [-0.15, -0.1) is 5.10 Å². The van der Waals surface area contributed by atoms with Crippen LogP contribution in [-0.4, -0.2) is 42.7 Å². The van der Waals surface area contributed by atoms with Gasteiger partial charge in [-0.2, -0.15) is 0 Å². The van der Waals surface area contributed by atoms with Crippen molar-refractivity contribution in [2.24, 2.45) is 5.92 Å². The molecule has 1 unspecified atom stereocenters. The summed E-state index contributed by atoms with van der Waals surface area (Å²) in [5.41, 5.74) is 1.25. The predicted molar refractivity (Wildman–Crippen MR) is 95.6 cm³/mol. The van der Waals surface area contributed by atoms with E-state index in [1.165, 1.54) is 10.9 Å². The van der Waals surface area contributed by atoms with Gasteiger partial charge >= 0.3 is 0 Å². The highest BCUT2D eigenvalue weighted by atomic mass is 16.3. The number of fused-ring (bicyclic) bond motifs is 1. The Kier molecular flexibility index (Phi) is 5.13. The lowest BCUT2D eigenvalue weighted by molar-refractivity contribution is 0.0920. The van der Waals surface area contributed by atoms with Gasteiger partial charge < -0.3 is 15.5 Å². The molecule has 3 aromatic rings. The van der Waals surface area contributed by atoms with Gasteiger partial charge in [0.25, 0.3) is 5.91 Å². The van der Waals surface area contributed by atoms with E-state index in [0.717, 1.165) is 5.39 Å². The van der Waals surface area contributed by atoms with Crippen molar-refractivity contribution in [1.29, 1.82) is 0 Å². The summed E-state index contributed by atoms with van der Waals surface area (Å²) in [5.74, 6) is -0.307. The van der Waals surface area contributed by atoms with Crippen molar-refractivity contribution >= 4 is 16.8 Å². The average Bonchev–Trinajstić information content (AvgIpc) is 3.09. The molecule has 0 aliphatic heterocycles. The summed E-state index contributed by atoms with van der Waals surface area (Å²) in [6, 6.07) is 6.92. The molecule has 26 heavy (non-hydrogen) atoms. The molecule has 0 fully saturated rings. The van der Waals surface area contributed by atoms with E-state index < -0.39 is 11.9 Å². The third-order valence-corrected chi connectivity index (χ3v) is 4.17. The summed E-state index contributed by atoms with van der Waals surface area (Å²) in [5, 5.41) is 30.9. The molecule has 1 aromatic carbocycles. The lowest BCUT2D eigenvalue weighted by atomic mass is 9.94. The summed E-state index contributed by atoms with van der Waals surface area (Å²) in [6.07, 6.45) is 3.10. The predicted octanol–water partition coefficient (Wildman–Crippen LogP) is 1.65. The number of nitrogens with one attached hydrogen (secondary N) is 1. The van der Waals surface area contributed by atoms with E-state index in [9.17, 15) is 9.90 Å². The Morgan fingerprint density at radius 2 is 2.12 bits per heavy atom. The third kappa shape index (κ3) is 3.50. The van der Waals surface area contributed by atoms with Crippen LogP contribution in [-0.2, 0) is 6.54 Å². The molecule has 8 nitrogen and oxygen atoms in total. The monoisotopic (exact) mass is 355 g/mol. The number of carbonyl (C=O) groups is 1. The van der Waals surface area contributed by atoms with Crippen LogP contribution < -0.4 is 5.32 Å². The molecule has 136 valence electrons. The molecule has 1 atom stereocenters. The first-order valence-electron chi connectivity index (χ1n) is 8.39. The molecule has 3 rings (SSSR count). The first-order valence-corrected chi connectivity index (χ1v) is 8.39. The van der Waals surface area contributed by atoms with E-state index in [1.807, 2.05) is 26.0 Å². The summed E-state index contributed by atoms with van der Waals surface area (Å²) < 4.78 is 1.40. The smallest absolute Gasteiger partial charge is 0.273 e. The number of nitrogens with zero attached hydrogens (tertiary/aromatic N) is 4. The van der Waals surface area contributed by atoms with Crippen LogP contribution in [0.2, 0.25) is 0 Å². The van der Waals surface area contributed by atoms with Crippen LogP contribution in [0.25, 0.3) is 10.9 Å². The van der Waals surface area contributed by atoms with Gasteiger partial charge in [0.05, 0.1) is 25.4 Å². The molecule has 0 radical (unpaired) electrons. The van der Waals surface area contributed by atoms with E-state index in [0.29, 0.717) is 11.1 Å². The fourth-order valence-corrected chi connectivity index (χ4v) is 2.83. The molecule has 1 amide bonds. The Morgan fingerprint density at radius 3 is 2.85 bits per heavy atom. The molecular formula is C18H21N5O3. The zero-order valence-electron chi connectivity index (χ0n) is 14.6. The molecule has 0 aliphatic carbocycles. The van der Waals surface area contributed by atoms with Crippen LogP contribution in [0.3, 0.4) is 0 Å². The fourth-order valence-electron chi connectivity index (χ4n) is 2.83. The number of carbonyl (C=O) groups excluding carboxylic acids is 1. The van der Waals surface area contributed by atoms with Crippen LogP contribution >= 0.6 is 0 Å². The molecule has 8 heteroatoms.